The molecule has 0 spiro atoms. The first-order chi connectivity index (χ1) is 7.65. The molecular formula is C14H22N2. The first-order valence-electron chi connectivity index (χ1n) is 6.18. The van der Waals surface area contributed by atoms with Crippen LogP contribution in [0.4, 0.5) is 0 Å². The maximum atomic E-state index is 3.51. The van der Waals surface area contributed by atoms with Crippen molar-refractivity contribution in [1.82, 2.24) is 10.2 Å². The zero-order valence-corrected chi connectivity index (χ0v) is 10.5. The van der Waals surface area contributed by atoms with E-state index in [1.807, 2.05) is 0 Å². The summed E-state index contributed by atoms with van der Waals surface area (Å²) in [6.45, 7) is 10.0. The van der Waals surface area contributed by atoms with Crippen LogP contribution in [-0.2, 0) is 6.54 Å². The van der Waals surface area contributed by atoms with Gasteiger partial charge in [-0.3, -0.25) is 4.90 Å². The third-order valence-corrected chi connectivity index (χ3v) is 3.40. The number of hydrogen-bond donors (Lipinski definition) is 1. The van der Waals surface area contributed by atoms with Gasteiger partial charge in [0.25, 0.3) is 0 Å². The van der Waals surface area contributed by atoms with Crippen LogP contribution in [0.3, 0.4) is 0 Å². The molecule has 88 valence electrons. The van der Waals surface area contributed by atoms with Gasteiger partial charge in [0.05, 0.1) is 0 Å². The molecule has 2 heteroatoms. The van der Waals surface area contributed by atoms with Crippen molar-refractivity contribution in [2.45, 2.75) is 39.4 Å². The van der Waals surface area contributed by atoms with Gasteiger partial charge in [0, 0.05) is 31.7 Å². The van der Waals surface area contributed by atoms with Crippen LogP contribution in [-0.4, -0.2) is 30.1 Å². The standard InChI is InChI=1S/C14H22N2/c1-11-4-6-14(7-5-11)10-16-9-12(2)15-8-13(16)3/h4-7,12-13,15H,8-10H2,1-3H3/t12-,13+/m0/s1. The van der Waals surface area contributed by atoms with Crippen LogP contribution in [0, 0.1) is 6.92 Å². The Morgan fingerprint density at radius 2 is 1.94 bits per heavy atom. The molecule has 2 rings (SSSR count). The highest BCUT2D eigenvalue weighted by Crippen LogP contribution is 2.12. The molecule has 1 aromatic rings. The first-order valence-corrected chi connectivity index (χ1v) is 6.18. The van der Waals surface area contributed by atoms with Gasteiger partial charge in [0.1, 0.15) is 0 Å². The van der Waals surface area contributed by atoms with Gasteiger partial charge in [-0.05, 0) is 26.3 Å². The molecule has 1 aromatic carbocycles. The van der Waals surface area contributed by atoms with Gasteiger partial charge < -0.3 is 5.32 Å². The number of hydrogen-bond acceptors (Lipinski definition) is 2. The molecule has 1 N–H and O–H groups in total. The maximum Gasteiger partial charge on any atom is 0.0237 e. The summed E-state index contributed by atoms with van der Waals surface area (Å²) < 4.78 is 0. The van der Waals surface area contributed by atoms with E-state index in [-0.39, 0.29) is 0 Å². The van der Waals surface area contributed by atoms with Crippen molar-refractivity contribution in [1.29, 1.82) is 0 Å². The fraction of sp³-hybridized carbons (Fsp3) is 0.571. The Kier molecular flexibility index (Phi) is 3.62. The van der Waals surface area contributed by atoms with Gasteiger partial charge in [0.2, 0.25) is 0 Å². The zero-order valence-electron chi connectivity index (χ0n) is 10.5. The minimum Gasteiger partial charge on any atom is -0.311 e. The number of nitrogens with zero attached hydrogens (tertiary/aromatic N) is 1. The van der Waals surface area contributed by atoms with Gasteiger partial charge in [0.15, 0.2) is 0 Å². The molecule has 2 nitrogen and oxygen atoms in total. The van der Waals surface area contributed by atoms with Crippen LogP contribution in [0.5, 0.6) is 0 Å². The topological polar surface area (TPSA) is 15.3 Å². The van der Waals surface area contributed by atoms with E-state index in [1.165, 1.54) is 11.1 Å². The number of aryl methyl sites for hydroxylation is 1. The second kappa shape index (κ2) is 4.98. The molecule has 1 fully saturated rings. The van der Waals surface area contributed by atoms with Crippen molar-refractivity contribution in [3.8, 4) is 0 Å². The molecule has 0 saturated carbocycles. The average Bonchev–Trinajstić information content (AvgIpc) is 2.27. The molecule has 0 aliphatic carbocycles. The zero-order chi connectivity index (χ0) is 11.5. The van der Waals surface area contributed by atoms with Gasteiger partial charge in [-0.2, -0.15) is 0 Å². The largest absolute Gasteiger partial charge is 0.311 e. The molecule has 16 heavy (non-hydrogen) atoms. The highest BCUT2D eigenvalue weighted by molar-refractivity contribution is 5.21. The van der Waals surface area contributed by atoms with Crippen LogP contribution in [0.1, 0.15) is 25.0 Å². The van der Waals surface area contributed by atoms with E-state index in [0.29, 0.717) is 12.1 Å². The average molecular weight is 218 g/mol. The Labute approximate surface area is 98.7 Å². The van der Waals surface area contributed by atoms with E-state index in [4.69, 9.17) is 0 Å². The Bertz CT molecular complexity index is 331. The second-order valence-corrected chi connectivity index (χ2v) is 5.07. The van der Waals surface area contributed by atoms with E-state index in [2.05, 4.69) is 55.3 Å². The van der Waals surface area contributed by atoms with Gasteiger partial charge >= 0.3 is 0 Å². The van der Waals surface area contributed by atoms with E-state index in [1.54, 1.807) is 0 Å². The normalized spacial score (nSPS) is 26.9. The summed E-state index contributed by atoms with van der Waals surface area (Å²) in [7, 11) is 0. The monoisotopic (exact) mass is 218 g/mol. The van der Waals surface area contributed by atoms with Crippen molar-refractivity contribution < 1.29 is 0 Å². The first kappa shape index (κ1) is 11.6. The Hall–Kier alpha value is -0.860. The summed E-state index contributed by atoms with van der Waals surface area (Å²) in [6.07, 6.45) is 0. The van der Waals surface area contributed by atoms with Gasteiger partial charge in [-0.1, -0.05) is 29.8 Å². The fourth-order valence-electron chi connectivity index (χ4n) is 2.25. The fourth-order valence-corrected chi connectivity index (χ4v) is 2.25. The maximum absolute atomic E-state index is 3.51. The third kappa shape index (κ3) is 2.83. The summed E-state index contributed by atoms with van der Waals surface area (Å²) in [5.41, 5.74) is 2.76. The van der Waals surface area contributed by atoms with Gasteiger partial charge in [-0.25, -0.2) is 0 Å². The molecule has 0 radical (unpaired) electrons. The van der Waals surface area contributed by atoms with Crippen LogP contribution < -0.4 is 5.32 Å². The number of rotatable bonds is 2. The molecule has 1 aliphatic rings. The molecule has 0 bridgehead atoms. The van der Waals surface area contributed by atoms with Crippen molar-refractivity contribution in [2.75, 3.05) is 13.1 Å². The van der Waals surface area contributed by atoms with Crippen molar-refractivity contribution in [2.24, 2.45) is 0 Å². The quantitative estimate of drug-likeness (QED) is 0.818. The van der Waals surface area contributed by atoms with Crippen molar-refractivity contribution in [3.05, 3.63) is 35.4 Å². The molecule has 1 saturated heterocycles. The lowest BCUT2D eigenvalue weighted by Gasteiger charge is -2.37. The Morgan fingerprint density at radius 3 is 2.62 bits per heavy atom. The van der Waals surface area contributed by atoms with Crippen molar-refractivity contribution in [3.63, 3.8) is 0 Å². The summed E-state index contributed by atoms with van der Waals surface area (Å²) in [6, 6.07) is 10.1. The smallest absolute Gasteiger partial charge is 0.0237 e. The van der Waals surface area contributed by atoms with E-state index in [0.717, 1.165) is 19.6 Å². The predicted molar refractivity (Wildman–Crippen MR) is 68.5 cm³/mol. The van der Waals surface area contributed by atoms with E-state index < -0.39 is 0 Å². The molecule has 0 unspecified atom stereocenters. The summed E-state index contributed by atoms with van der Waals surface area (Å²) >= 11 is 0. The molecule has 2 atom stereocenters. The third-order valence-electron chi connectivity index (χ3n) is 3.40. The SMILES string of the molecule is Cc1ccc(CN2C[C@H](C)NC[C@H]2C)cc1. The lowest BCUT2D eigenvalue weighted by atomic mass is 10.1. The highest BCUT2D eigenvalue weighted by Gasteiger charge is 2.21. The summed E-state index contributed by atoms with van der Waals surface area (Å²) in [5, 5.41) is 3.51. The minimum atomic E-state index is 0.613. The van der Waals surface area contributed by atoms with Crippen LogP contribution in [0.25, 0.3) is 0 Å². The minimum absolute atomic E-state index is 0.613. The molecular weight excluding hydrogens is 196 g/mol. The van der Waals surface area contributed by atoms with Crippen LogP contribution in [0.2, 0.25) is 0 Å². The number of piperazine rings is 1. The molecule has 0 aromatic heterocycles. The summed E-state index contributed by atoms with van der Waals surface area (Å²) in [4.78, 5) is 2.56. The second-order valence-electron chi connectivity index (χ2n) is 5.07. The van der Waals surface area contributed by atoms with E-state index >= 15 is 0 Å². The molecule has 1 aliphatic heterocycles. The van der Waals surface area contributed by atoms with Gasteiger partial charge in [-0.15, -0.1) is 0 Å². The predicted octanol–water partition coefficient (Wildman–Crippen LogP) is 2.18. The van der Waals surface area contributed by atoms with E-state index in [9.17, 15) is 0 Å². The van der Waals surface area contributed by atoms with Crippen LogP contribution >= 0.6 is 0 Å². The lowest BCUT2D eigenvalue weighted by Crippen LogP contribution is -2.53. The summed E-state index contributed by atoms with van der Waals surface area (Å²) in [5.74, 6) is 0. The highest BCUT2D eigenvalue weighted by atomic mass is 15.2. The number of benzene rings is 1. The number of nitrogens with one attached hydrogen (secondary N) is 1. The Balaban J connectivity index is 2.00. The van der Waals surface area contributed by atoms with Crippen LogP contribution in [0.15, 0.2) is 24.3 Å². The molecule has 0 amide bonds. The molecule has 1 heterocycles. The van der Waals surface area contributed by atoms with Crippen molar-refractivity contribution >= 4 is 0 Å². The Morgan fingerprint density at radius 1 is 1.25 bits per heavy atom. The lowest BCUT2D eigenvalue weighted by molar-refractivity contribution is 0.139.